The number of rotatable bonds is 11. The van der Waals surface area contributed by atoms with Crippen LogP contribution >= 0.6 is 0 Å². The van der Waals surface area contributed by atoms with Gasteiger partial charge in [0.15, 0.2) is 0 Å². The average molecular weight is 297 g/mol. The monoisotopic (exact) mass is 297 g/mol. The van der Waals surface area contributed by atoms with Gasteiger partial charge >= 0.3 is 0 Å². The SMILES string of the molecule is COCCOCCOCCOc1cc(C)ccc1[C@@H](C)N. The molecule has 0 bridgehead atoms. The first-order chi connectivity index (χ1) is 10.1. The summed E-state index contributed by atoms with van der Waals surface area (Å²) in [6.07, 6.45) is 0. The van der Waals surface area contributed by atoms with Crippen molar-refractivity contribution in [3.63, 3.8) is 0 Å². The number of nitrogens with two attached hydrogens (primary N) is 1. The summed E-state index contributed by atoms with van der Waals surface area (Å²) in [5, 5.41) is 0. The summed E-state index contributed by atoms with van der Waals surface area (Å²) in [7, 11) is 1.65. The lowest BCUT2D eigenvalue weighted by Gasteiger charge is -2.15. The highest BCUT2D eigenvalue weighted by Gasteiger charge is 2.08. The van der Waals surface area contributed by atoms with E-state index >= 15 is 0 Å². The summed E-state index contributed by atoms with van der Waals surface area (Å²) in [6.45, 7) is 7.34. The van der Waals surface area contributed by atoms with Crippen molar-refractivity contribution >= 4 is 0 Å². The fourth-order valence-electron chi connectivity index (χ4n) is 1.82. The molecule has 5 heteroatoms. The maximum absolute atomic E-state index is 5.94. The van der Waals surface area contributed by atoms with Gasteiger partial charge in [-0.05, 0) is 25.5 Å². The molecule has 1 atom stereocenters. The van der Waals surface area contributed by atoms with Gasteiger partial charge in [-0.2, -0.15) is 0 Å². The van der Waals surface area contributed by atoms with E-state index in [9.17, 15) is 0 Å². The fourth-order valence-corrected chi connectivity index (χ4v) is 1.82. The molecule has 1 rings (SSSR count). The van der Waals surface area contributed by atoms with Gasteiger partial charge < -0.3 is 24.7 Å². The topological polar surface area (TPSA) is 62.9 Å². The molecular formula is C16H27NO4. The van der Waals surface area contributed by atoms with Gasteiger partial charge in [-0.25, -0.2) is 0 Å². The Balaban J connectivity index is 2.19. The number of methoxy groups -OCH3 is 1. The fraction of sp³-hybridized carbons (Fsp3) is 0.625. The van der Waals surface area contributed by atoms with E-state index in [-0.39, 0.29) is 6.04 Å². The Morgan fingerprint density at radius 2 is 1.62 bits per heavy atom. The van der Waals surface area contributed by atoms with Crippen LogP contribution < -0.4 is 10.5 Å². The summed E-state index contributed by atoms with van der Waals surface area (Å²) in [6, 6.07) is 6.02. The van der Waals surface area contributed by atoms with Crippen LogP contribution in [0.3, 0.4) is 0 Å². The molecule has 0 aliphatic rings. The molecule has 0 radical (unpaired) electrons. The molecule has 1 aromatic rings. The van der Waals surface area contributed by atoms with Gasteiger partial charge in [0.2, 0.25) is 0 Å². The van der Waals surface area contributed by atoms with E-state index in [1.165, 1.54) is 0 Å². The van der Waals surface area contributed by atoms with Gasteiger partial charge in [-0.3, -0.25) is 0 Å². The van der Waals surface area contributed by atoms with Crippen LogP contribution in [0.4, 0.5) is 0 Å². The van der Waals surface area contributed by atoms with Crippen LogP contribution in [0.25, 0.3) is 0 Å². The highest BCUT2D eigenvalue weighted by atomic mass is 16.6. The molecule has 0 aliphatic heterocycles. The van der Waals surface area contributed by atoms with Crippen LogP contribution in [-0.2, 0) is 14.2 Å². The van der Waals surface area contributed by atoms with Crippen molar-refractivity contribution in [2.45, 2.75) is 19.9 Å². The van der Waals surface area contributed by atoms with Gasteiger partial charge in [0, 0.05) is 18.7 Å². The normalized spacial score (nSPS) is 12.4. The zero-order chi connectivity index (χ0) is 15.5. The van der Waals surface area contributed by atoms with Crippen molar-refractivity contribution in [1.82, 2.24) is 0 Å². The van der Waals surface area contributed by atoms with Crippen LogP contribution in [0.5, 0.6) is 5.75 Å². The molecule has 1 aromatic carbocycles. The zero-order valence-corrected chi connectivity index (χ0v) is 13.3. The van der Waals surface area contributed by atoms with Crippen molar-refractivity contribution in [1.29, 1.82) is 0 Å². The van der Waals surface area contributed by atoms with E-state index < -0.39 is 0 Å². The summed E-state index contributed by atoms with van der Waals surface area (Å²) in [4.78, 5) is 0. The predicted octanol–water partition coefficient (Wildman–Crippen LogP) is 2.07. The Bertz CT molecular complexity index is 396. The molecule has 2 N–H and O–H groups in total. The van der Waals surface area contributed by atoms with Crippen LogP contribution in [0.15, 0.2) is 18.2 Å². The average Bonchev–Trinajstić information content (AvgIpc) is 2.45. The minimum Gasteiger partial charge on any atom is -0.491 e. The summed E-state index contributed by atoms with van der Waals surface area (Å²) >= 11 is 0. The van der Waals surface area contributed by atoms with Crippen molar-refractivity contribution in [3.8, 4) is 5.75 Å². The zero-order valence-electron chi connectivity index (χ0n) is 13.3. The first-order valence-electron chi connectivity index (χ1n) is 7.28. The number of ether oxygens (including phenoxy) is 4. The molecule has 0 aliphatic carbocycles. The predicted molar refractivity (Wildman–Crippen MR) is 82.8 cm³/mol. The first kappa shape index (κ1) is 17.9. The third-order valence-corrected chi connectivity index (χ3v) is 2.95. The molecule has 0 fully saturated rings. The molecule has 21 heavy (non-hydrogen) atoms. The lowest BCUT2D eigenvalue weighted by atomic mass is 10.1. The minimum atomic E-state index is -0.0456. The second-order valence-corrected chi connectivity index (χ2v) is 4.90. The maximum Gasteiger partial charge on any atom is 0.124 e. The third kappa shape index (κ3) is 7.43. The Morgan fingerprint density at radius 3 is 2.24 bits per heavy atom. The maximum atomic E-state index is 5.94. The number of aryl methyl sites for hydroxylation is 1. The molecule has 0 aromatic heterocycles. The van der Waals surface area contributed by atoms with Crippen molar-refractivity contribution < 1.29 is 18.9 Å². The molecule has 120 valence electrons. The second kappa shape index (κ2) is 10.6. The highest BCUT2D eigenvalue weighted by Crippen LogP contribution is 2.24. The quantitative estimate of drug-likeness (QED) is 0.634. The highest BCUT2D eigenvalue weighted by molar-refractivity contribution is 5.38. The van der Waals surface area contributed by atoms with E-state index in [0.29, 0.717) is 39.6 Å². The summed E-state index contributed by atoms with van der Waals surface area (Å²) < 4.78 is 21.4. The number of benzene rings is 1. The Hall–Kier alpha value is -1.14. The third-order valence-electron chi connectivity index (χ3n) is 2.95. The molecule has 0 heterocycles. The van der Waals surface area contributed by atoms with Crippen LogP contribution in [0.1, 0.15) is 24.1 Å². The van der Waals surface area contributed by atoms with Crippen LogP contribution in [0, 0.1) is 6.92 Å². The van der Waals surface area contributed by atoms with E-state index in [2.05, 4.69) is 0 Å². The van der Waals surface area contributed by atoms with Crippen molar-refractivity contribution in [2.24, 2.45) is 5.73 Å². The number of hydrogen-bond acceptors (Lipinski definition) is 5. The Kier molecular flexibility index (Phi) is 9.01. The van der Waals surface area contributed by atoms with Gasteiger partial charge in [0.25, 0.3) is 0 Å². The summed E-state index contributed by atoms with van der Waals surface area (Å²) in [5.74, 6) is 0.838. The molecule has 5 nitrogen and oxygen atoms in total. The van der Waals surface area contributed by atoms with E-state index in [1.54, 1.807) is 7.11 Å². The van der Waals surface area contributed by atoms with Crippen LogP contribution in [-0.4, -0.2) is 46.8 Å². The van der Waals surface area contributed by atoms with Gasteiger partial charge in [-0.1, -0.05) is 12.1 Å². The molecular weight excluding hydrogens is 270 g/mol. The van der Waals surface area contributed by atoms with Gasteiger partial charge in [-0.15, -0.1) is 0 Å². The Labute approximate surface area is 127 Å². The summed E-state index contributed by atoms with van der Waals surface area (Å²) in [5.41, 5.74) is 8.11. The van der Waals surface area contributed by atoms with Gasteiger partial charge in [0.05, 0.1) is 33.0 Å². The van der Waals surface area contributed by atoms with E-state index in [4.69, 9.17) is 24.7 Å². The van der Waals surface area contributed by atoms with E-state index in [1.807, 2.05) is 32.0 Å². The minimum absolute atomic E-state index is 0.0456. The molecule has 0 amide bonds. The van der Waals surface area contributed by atoms with Crippen LogP contribution in [0.2, 0.25) is 0 Å². The molecule has 0 saturated carbocycles. The first-order valence-corrected chi connectivity index (χ1v) is 7.28. The number of hydrogen-bond donors (Lipinski definition) is 1. The van der Waals surface area contributed by atoms with Crippen molar-refractivity contribution in [2.75, 3.05) is 46.8 Å². The Morgan fingerprint density at radius 1 is 1.00 bits per heavy atom. The van der Waals surface area contributed by atoms with E-state index in [0.717, 1.165) is 16.9 Å². The molecule has 0 unspecified atom stereocenters. The largest absolute Gasteiger partial charge is 0.491 e. The second-order valence-electron chi connectivity index (χ2n) is 4.90. The molecule has 0 spiro atoms. The lowest BCUT2D eigenvalue weighted by molar-refractivity contribution is 0.0179. The van der Waals surface area contributed by atoms with Gasteiger partial charge in [0.1, 0.15) is 12.4 Å². The molecule has 0 saturated heterocycles. The lowest BCUT2D eigenvalue weighted by Crippen LogP contribution is -2.14. The standard InChI is InChI=1S/C16H27NO4/c1-13-4-5-15(14(2)17)16(12-13)21-11-10-20-9-8-19-7-6-18-3/h4-5,12,14H,6-11,17H2,1-3H3/t14-/m1/s1. The smallest absolute Gasteiger partial charge is 0.124 e. The van der Waals surface area contributed by atoms with Crippen molar-refractivity contribution in [3.05, 3.63) is 29.3 Å².